The van der Waals surface area contributed by atoms with Gasteiger partial charge in [0.1, 0.15) is 17.3 Å². The molecular weight excluding hydrogens is 421 g/mol. The van der Waals surface area contributed by atoms with E-state index in [0.717, 1.165) is 40.9 Å². The zero-order chi connectivity index (χ0) is 22.9. The van der Waals surface area contributed by atoms with Crippen LogP contribution in [0, 0.1) is 12.7 Å². The highest BCUT2D eigenvalue weighted by atomic mass is 19.1. The standard InChI is InChI=1S/C26H26FN3O3/c1-17-15-29(16-28-17)23-8-5-18(13-25(23)32-2)12-19-4-3-10-30(26(19)31)22-9-11-33-24-14-20(27)6-7-21(22)24/h5-8,12-16,22H,3-4,9-11H2,1-2H3/b19-12+/t22-/m1/s1. The van der Waals surface area contributed by atoms with E-state index in [1.165, 1.54) is 12.1 Å². The van der Waals surface area contributed by atoms with Gasteiger partial charge in [0.25, 0.3) is 0 Å². The molecule has 0 saturated carbocycles. The van der Waals surface area contributed by atoms with Crippen molar-refractivity contribution in [2.75, 3.05) is 20.3 Å². The highest BCUT2D eigenvalue weighted by molar-refractivity contribution is 5.99. The second-order valence-electron chi connectivity index (χ2n) is 8.46. The molecular formula is C26H26FN3O3. The number of rotatable bonds is 4. The molecule has 2 aromatic carbocycles. The summed E-state index contributed by atoms with van der Waals surface area (Å²) in [6, 6.07) is 10.4. The van der Waals surface area contributed by atoms with Gasteiger partial charge in [0, 0.05) is 36.4 Å². The van der Waals surface area contributed by atoms with Crippen LogP contribution in [0.15, 0.2) is 54.5 Å². The van der Waals surface area contributed by atoms with Gasteiger partial charge in [-0.2, -0.15) is 0 Å². The van der Waals surface area contributed by atoms with Crippen molar-refractivity contribution in [2.24, 2.45) is 0 Å². The normalized spacial score (nSPS) is 19.4. The Labute approximate surface area is 192 Å². The van der Waals surface area contributed by atoms with E-state index in [9.17, 15) is 9.18 Å². The molecule has 6 nitrogen and oxygen atoms in total. The first-order valence-electron chi connectivity index (χ1n) is 11.2. The summed E-state index contributed by atoms with van der Waals surface area (Å²) in [5.41, 5.74) is 4.37. The minimum Gasteiger partial charge on any atom is -0.495 e. The van der Waals surface area contributed by atoms with E-state index in [4.69, 9.17) is 9.47 Å². The van der Waals surface area contributed by atoms with Crippen LogP contribution in [0.5, 0.6) is 11.5 Å². The van der Waals surface area contributed by atoms with Crippen LogP contribution in [0.2, 0.25) is 0 Å². The molecule has 2 aliphatic rings. The molecule has 1 atom stereocenters. The summed E-state index contributed by atoms with van der Waals surface area (Å²) in [5.74, 6) is 0.937. The van der Waals surface area contributed by atoms with Gasteiger partial charge in [0.05, 0.1) is 37.5 Å². The molecule has 3 aromatic rings. The van der Waals surface area contributed by atoms with Crippen molar-refractivity contribution in [2.45, 2.75) is 32.2 Å². The Kier molecular flexibility index (Phi) is 5.62. The van der Waals surface area contributed by atoms with Crippen molar-refractivity contribution in [3.8, 4) is 17.2 Å². The van der Waals surface area contributed by atoms with Crippen molar-refractivity contribution < 1.29 is 18.7 Å². The third-order valence-electron chi connectivity index (χ3n) is 6.27. The van der Waals surface area contributed by atoms with Gasteiger partial charge in [-0.25, -0.2) is 9.37 Å². The molecule has 1 amide bonds. The molecule has 0 radical (unpaired) electrons. The van der Waals surface area contributed by atoms with Crippen LogP contribution in [-0.2, 0) is 4.79 Å². The van der Waals surface area contributed by atoms with Crippen LogP contribution in [0.1, 0.15) is 42.1 Å². The van der Waals surface area contributed by atoms with Crippen LogP contribution in [0.4, 0.5) is 4.39 Å². The molecule has 5 rings (SSSR count). The number of nitrogens with zero attached hydrogens (tertiary/aromatic N) is 3. The van der Waals surface area contributed by atoms with Gasteiger partial charge >= 0.3 is 0 Å². The fraction of sp³-hybridized carbons (Fsp3) is 0.308. The summed E-state index contributed by atoms with van der Waals surface area (Å²) in [4.78, 5) is 19.6. The topological polar surface area (TPSA) is 56.6 Å². The Morgan fingerprint density at radius 2 is 2.12 bits per heavy atom. The number of aromatic nitrogens is 2. The molecule has 1 saturated heterocycles. The lowest BCUT2D eigenvalue weighted by Gasteiger charge is -2.38. The molecule has 0 N–H and O–H groups in total. The quantitative estimate of drug-likeness (QED) is 0.536. The maximum atomic E-state index is 13.7. The predicted octanol–water partition coefficient (Wildman–Crippen LogP) is 4.86. The van der Waals surface area contributed by atoms with E-state index in [1.807, 2.05) is 46.9 Å². The Morgan fingerprint density at radius 3 is 2.91 bits per heavy atom. The molecule has 0 unspecified atom stereocenters. The molecule has 1 fully saturated rings. The minimum atomic E-state index is -0.330. The number of amides is 1. The lowest BCUT2D eigenvalue weighted by Crippen LogP contribution is -2.41. The van der Waals surface area contributed by atoms with Gasteiger partial charge in [-0.05, 0) is 49.6 Å². The first-order valence-corrected chi connectivity index (χ1v) is 11.2. The van der Waals surface area contributed by atoms with E-state index >= 15 is 0 Å². The highest BCUT2D eigenvalue weighted by Gasteiger charge is 2.33. The van der Waals surface area contributed by atoms with Crippen molar-refractivity contribution in [3.05, 3.63) is 77.1 Å². The van der Waals surface area contributed by atoms with Crippen molar-refractivity contribution in [1.29, 1.82) is 0 Å². The van der Waals surface area contributed by atoms with Crippen LogP contribution >= 0.6 is 0 Å². The Balaban J connectivity index is 1.43. The van der Waals surface area contributed by atoms with Crippen LogP contribution in [0.3, 0.4) is 0 Å². The number of imidazole rings is 1. The number of fused-ring (bicyclic) bond motifs is 1. The molecule has 2 aliphatic heterocycles. The fourth-order valence-electron chi connectivity index (χ4n) is 4.68. The number of piperidine rings is 1. The summed E-state index contributed by atoms with van der Waals surface area (Å²) < 4.78 is 26.8. The Hall–Kier alpha value is -3.61. The lowest BCUT2D eigenvalue weighted by molar-refractivity contribution is -0.131. The Bertz CT molecular complexity index is 1230. The van der Waals surface area contributed by atoms with Gasteiger partial charge in [0.15, 0.2) is 0 Å². The first-order chi connectivity index (χ1) is 16.0. The average molecular weight is 448 g/mol. The second kappa shape index (κ2) is 8.73. The zero-order valence-corrected chi connectivity index (χ0v) is 18.8. The summed E-state index contributed by atoms with van der Waals surface area (Å²) in [6.45, 7) is 3.09. The summed E-state index contributed by atoms with van der Waals surface area (Å²) >= 11 is 0. The van der Waals surface area contributed by atoms with Gasteiger partial charge in [-0.3, -0.25) is 4.79 Å². The largest absolute Gasteiger partial charge is 0.495 e. The number of halogens is 1. The summed E-state index contributed by atoms with van der Waals surface area (Å²) in [7, 11) is 1.64. The predicted molar refractivity (Wildman–Crippen MR) is 123 cm³/mol. The number of aryl methyl sites for hydroxylation is 1. The van der Waals surface area contributed by atoms with Gasteiger partial charge < -0.3 is 18.9 Å². The second-order valence-corrected chi connectivity index (χ2v) is 8.46. The molecule has 0 aliphatic carbocycles. The van der Waals surface area contributed by atoms with E-state index in [0.29, 0.717) is 31.1 Å². The molecule has 33 heavy (non-hydrogen) atoms. The first kappa shape index (κ1) is 21.2. The maximum Gasteiger partial charge on any atom is 0.250 e. The average Bonchev–Trinajstić information content (AvgIpc) is 3.26. The van der Waals surface area contributed by atoms with Crippen LogP contribution in [-0.4, -0.2) is 40.6 Å². The highest BCUT2D eigenvalue weighted by Crippen LogP contribution is 2.39. The fourth-order valence-corrected chi connectivity index (χ4v) is 4.68. The van der Waals surface area contributed by atoms with E-state index in [2.05, 4.69) is 4.98 Å². The summed E-state index contributed by atoms with van der Waals surface area (Å²) in [6.07, 6.45) is 7.95. The number of carbonyl (C=O) groups is 1. The number of methoxy groups -OCH3 is 1. The van der Waals surface area contributed by atoms with Crippen molar-refractivity contribution >= 4 is 12.0 Å². The smallest absolute Gasteiger partial charge is 0.250 e. The van der Waals surface area contributed by atoms with E-state index < -0.39 is 0 Å². The summed E-state index contributed by atoms with van der Waals surface area (Å²) in [5, 5.41) is 0. The molecule has 0 spiro atoms. The van der Waals surface area contributed by atoms with Gasteiger partial charge in [-0.1, -0.05) is 12.1 Å². The van der Waals surface area contributed by atoms with Gasteiger partial charge in [0.2, 0.25) is 5.91 Å². The van der Waals surface area contributed by atoms with Crippen LogP contribution in [0.25, 0.3) is 11.8 Å². The van der Waals surface area contributed by atoms with Crippen molar-refractivity contribution in [3.63, 3.8) is 0 Å². The maximum absolute atomic E-state index is 13.7. The van der Waals surface area contributed by atoms with E-state index in [-0.39, 0.29) is 17.8 Å². The number of carbonyl (C=O) groups excluding carboxylic acids is 1. The number of likely N-dealkylation sites (tertiary alicyclic amines) is 1. The zero-order valence-electron chi connectivity index (χ0n) is 18.8. The molecule has 1 aromatic heterocycles. The van der Waals surface area contributed by atoms with Crippen LogP contribution < -0.4 is 9.47 Å². The lowest BCUT2D eigenvalue weighted by atomic mass is 9.93. The molecule has 3 heterocycles. The molecule has 0 bridgehead atoms. The number of benzene rings is 2. The minimum absolute atomic E-state index is 0.0247. The number of ether oxygens (including phenoxy) is 2. The number of hydrogen-bond donors (Lipinski definition) is 0. The molecule has 170 valence electrons. The third-order valence-corrected chi connectivity index (χ3v) is 6.27. The van der Waals surface area contributed by atoms with E-state index in [1.54, 1.807) is 19.5 Å². The third kappa shape index (κ3) is 4.11. The SMILES string of the molecule is COc1cc(/C=C2\CCCN([C@@H]3CCOc4cc(F)ccc43)C2=O)ccc1-n1cnc(C)c1. The monoisotopic (exact) mass is 447 g/mol. The Morgan fingerprint density at radius 1 is 1.24 bits per heavy atom. The van der Waals surface area contributed by atoms with Gasteiger partial charge in [-0.15, -0.1) is 0 Å². The van der Waals surface area contributed by atoms with Crippen molar-refractivity contribution in [1.82, 2.24) is 14.5 Å². The number of hydrogen-bond acceptors (Lipinski definition) is 4. The molecule has 7 heteroatoms.